The van der Waals surface area contributed by atoms with Crippen molar-refractivity contribution >= 4 is 0 Å². The van der Waals surface area contributed by atoms with E-state index >= 15 is 0 Å². The van der Waals surface area contributed by atoms with Crippen LogP contribution in [0.4, 0.5) is 0 Å². The molecule has 0 radical (unpaired) electrons. The minimum absolute atomic E-state index is 0.364. The summed E-state index contributed by atoms with van der Waals surface area (Å²) in [6.45, 7) is 10.5. The van der Waals surface area contributed by atoms with E-state index in [2.05, 4.69) is 26.1 Å². The predicted molar refractivity (Wildman–Crippen MR) is 75.9 cm³/mol. The highest BCUT2D eigenvalue weighted by atomic mass is 16.5. The summed E-state index contributed by atoms with van der Waals surface area (Å²) in [6.07, 6.45) is 6.41. The lowest BCUT2D eigenvalue weighted by Gasteiger charge is -2.15. The van der Waals surface area contributed by atoms with Crippen molar-refractivity contribution in [3.63, 3.8) is 0 Å². The fourth-order valence-electron chi connectivity index (χ4n) is 2.20. The monoisotopic (exact) mass is 257 g/mol. The maximum Gasteiger partial charge on any atom is 0.0809 e. The molecule has 3 heteroatoms. The minimum atomic E-state index is 0.364. The second kappa shape index (κ2) is 9.76. The van der Waals surface area contributed by atoms with Crippen molar-refractivity contribution < 1.29 is 9.47 Å². The largest absolute Gasteiger partial charge is 0.379 e. The molecular formula is C15H31NO2. The van der Waals surface area contributed by atoms with Gasteiger partial charge in [0, 0.05) is 19.3 Å². The van der Waals surface area contributed by atoms with E-state index in [4.69, 9.17) is 9.47 Å². The normalized spacial score (nSPS) is 21.7. The zero-order chi connectivity index (χ0) is 13.2. The van der Waals surface area contributed by atoms with Crippen LogP contribution in [0.3, 0.4) is 0 Å². The van der Waals surface area contributed by atoms with E-state index in [1.807, 2.05) is 0 Å². The molecule has 1 heterocycles. The highest BCUT2D eigenvalue weighted by Gasteiger charge is 2.14. The van der Waals surface area contributed by atoms with Gasteiger partial charge in [-0.1, -0.05) is 13.8 Å². The Morgan fingerprint density at radius 3 is 2.78 bits per heavy atom. The second-order valence-electron chi connectivity index (χ2n) is 5.89. The maximum atomic E-state index is 5.63. The van der Waals surface area contributed by atoms with E-state index in [1.54, 1.807) is 0 Å². The summed E-state index contributed by atoms with van der Waals surface area (Å²) in [5.41, 5.74) is 0. The van der Waals surface area contributed by atoms with E-state index in [-0.39, 0.29) is 0 Å². The van der Waals surface area contributed by atoms with Crippen molar-refractivity contribution in [3.8, 4) is 0 Å². The first-order valence-electron chi connectivity index (χ1n) is 7.61. The van der Waals surface area contributed by atoms with Gasteiger partial charge in [-0.3, -0.25) is 0 Å². The minimum Gasteiger partial charge on any atom is -0.379 e. The molecule has 1 aliphatic heterocycles. The van der Waals surface area contributed by atoms with Gasteiger partial charge >= 0.3 is 0 Å². The van der Waals surface area contributed by atoms with Gasteiger partial charge in [0.1, 0.15) is 0 Å². The lowest BCUT2D eigenvalue weighted by molar-refractivity contribution is 0.0165. The molecule has 0 spiro atoms. The van der Waals surface area contributed by atoms with Crippen molar-refractivity contribution in [2.45, 2.75) is 65.0 Å². The topological polar surface area (TPSA) is 30.5 Å². The molecule has 1 aliphatic rings. The molecule has 108 valence electrons. The van der Waals surface area contributed by atoms with Crippen molar-refractivity contribution in [2.75, 3.05) is 26.4 Å². The van der Waals surface area contributed by atoms with Crippen LogP contribution in [-0.4, -0.2) is 38.5 Å². The van der Waals surface area contributed by atoms with Crippen molar-refractivity contribution in [1.29, 1.82) is 0 Å². The third-order valence-electron chi connectivity index (χ3n) is 3.46. The fraction of sp³-hybridized carbons (Fsp3) is 1.00. The summed E-state index contributed by atoms with van der Waals surface area (Å²) in [6, 6.07) is 0.630. The molecule has 0 aromatic carbocycles. The van der Waals surface area contributed by atoms with Gasteiger partial charge in [0.2, 0.25) is 0 Å². The fourth-order valence-corrected chi connectivity index (χ4v) is 2.20. The molecule has 3 nitrogen and oxygen atoms in total. The molecule has 18 heavy (non-hydrogen) atoms. The second-order valence-corrected chi connectivity index (χ2v) is 5.89. The maximum absolute atomic E-state index is 5.63. The summed E-state index contributed by atoms with van der Waals surface area (Å²) >= 11 is 0. The number of ether oxygens (including phenoxy) is 2. The summed E-state index contributed by atoms with van der Waals surface area (Å²) in [5, 5.41) is 3.56. The lowest BCUT2D eigenvalue weighted by atomic mass is 10.0. The van der Waals surface area contributed by atoms with Gasteiger partial charge in [0.25, 0.3) is 0 Å². The van der Waals surface area contributed by atoms with Gasteiger partial charge in [0.05, 0.1) is 12.7 Å². The Hall–Kier alpha value is -0.120. The number of nitrogens with one attached hydrogen (secondary N) is 1. The number of rotatable bonds is 10. The van der Waals surface area contributed by atoms with Gasteiger partial charge in [-0.15, -0.1) is 0 Å². The van der Waals surface area contributed by atoms with Crippen LogP contribution in [0.1, 0.15) is 52.9 Å². The lowest BCUT2D eigenvalue weighted by Crippen LogP contribution is -2.28. The van der Waals surface area contributed by atoms with Crippen LogP contribution >= 0.6 is 0 Å². The Bertz CT molecular complexity index is 191. The van der Waals surface area contributed by atoms with Crippen LogP contribution in [-0.2, 0) is 9.47 Å². The zero-order valence-corrected chi connectivity index (χ0v) is 12.4. The molecule has 1 N–H and O–H groups in total. The molecule has 0 aliphatic carbocycles. The summed E-state index contributed by atoms with van der Waals surface area (Å²) in [7, 11) is 0. The Morgan fingerprint density at radius 1 is 1.28 bits per heavy atom. The van der Waals surface area contributed by atoms with Gasteiger partial charge in [0.15, 0.2) is 0 Å². The highest BCUT2D eigenvalue weighted by molar-refractivity contribution is 4.64. The molecule has 0 bridgehead atoms. The van der Waals surface area contributed by atoms with Crippen LogP contribution in [0.2, 0.25) is 0 Å². The third kappa shape index (κ3) is 8.06. The molecule has 0 amide bonds. The zero-order valence-electron chi connectivity index (χ0n) is 12.4. The average molecular weight is 257 g/mol. The summed E-state index contributed by atoms with van der Waals surface area (Å²) < 4.78 is 11.1. The smallest absolute Gasteiger partial charge is 0.0809 e. The summed E-state index contributed by atoms with van der Waals surface area (Å²) in [4.78, 5) is 0. The van der Waals surface area contributed by atoms with E-state index in [0.29, 0.717) is 12.1 Å². The van der Waals surface area contributed by atoms with Gasteiger partial charge in [-0.2, -0.15) is 0 Å². The van der Waals surface area contributed by atoms with Crippen molar-refractivity contribution in [2.24, 2.45) is 5.92 Å². The molecular weight excluding hydrogens is 226 g/mol. The Morgan fingerprint density at radius 2 is 2.11 bits per heavy atom. The standard InChI is InChI=1S/C15H31NO2/c1-13(2)7-8-14(3)16-9-5-10-17-12-15-6-4-11-18-15/h13-16H,4-12H2,1-3H3. The Labute approximate surface area is 113 Å². The molecule has 1 saturated heterocycles. The molecule has 0 saturated carbocycles. The van der Waals surface area contributed by atoms with Gasteiger partial charge in [-0.25, -0.2) is 0 Å². The quantitative estimate of drug-likeness (QED) is 0.610. The highest BCUT2D eigenvalue weighted by Crippen LogP contribution is 2.11. The first kappa shape index (κ1) is 15.9. The van der Waals surface area contributed by atoms with Crippen LogP contribution < -0.4 is 5.32 Å². The van der Waals surface area contributed by atoms with Crippen molar-refractivity contribution in [1.82, 2.24) is 5.32 Å². The van der Waals surface area contributed by atoms with E-state index in [0.717, 1.165) is 38.7 Å². The van der Waals surface area contributed by atoms with Gasteiger partial charge < -0.3 is 14.8 Å². The predicted octanol–water partition coefficient (Wildman–Crippen LogP) is 2.99. The number of hydrogen-bond acceptors (Lipinski definition) is 3. The molecule has 2 atom stereocenters. The van der Waals surface area contributed by atoms with E-state index < -0.39 is 0 Å². The Balaban J connectivity index is 1.82. The van der Waals surface area contributed by atoms with E-state index in [1.165, 1.54) is 25.7 Å². The molecule has 0 aromatic heterocycles. The molecule has 1 fully saturated rings. The number of hydrogen-bond donors (Lipinski definition) is 1. The first-order chi connectivity index (χ1) is 8.68. The third-order valence-corrected chi connectivity index (χ3v) is 3.46. The Kier molecular flexibility index (Phi) is 8.64. The van der Waals surface area contributed by atoms with Crippen molar-refractivity contribution in [3.05, 3.63) is 0 Å². The van der Waals surface area contributed by atoms with Crippen LogP contribution in [0, 0.1) is 5.92 Å². The summed E-state index contributed by atoms with van der Waals surface area (Å²) in [5.74, 6) is 0.809. The molecule has 0 aromatic rings. The first-order valence-corrected chi connectivity index (χ1v) is 7.61. The van der Waals surface area contributed by atoms with E-state index in [9.17, 15) is 0 Å². The molecule has 1 rings (SSSR count). The van der Waals surface area contributed by atoms with Crippen LogP contribution in [0.5, 0.6) is 0 Å². The molecule has 2 unspecified atom stereocenters. The van der Waals surface area contributed by atoms with Gasteiger partial charge in [-0.05, 0) is 51.5 Å². The average Bonchev–Trinajstić information content (AvgIpc) is 2.84. The van der Waals surface area contributed by atoms with Crippen LogP contribution in [0.15, 0.2) is 0 Å². The van der Waals surface area contributed by atoms with Crippen LogP contribution in [0.25, 0.3) is 0 Å². The SMILES string of the molecule is CC(C)CCC(C)NCCCOCC1CCCO1.